The average Bonchev–Trinajstić information content (AvgIpc) is 2.71. The highest BCUT2D eigenvalue weighted by atomic mass is 16.7. The standard InChI is InChI=1S/C15H24O2/c1-13(2)7-5-8-14(3)12(13)6-4-9-15(14)16-10-11-17-15/h6H,4-5,7-11H2,1-3H3/t14-/m0/s1. The minimum absolute atomic E-state index is 0.101. The third-order valence-corrected chi connectivity index (χ3v) is 5.22. The summed E-state index contributed by atoms with van der Waals surface area (Å²) in [5, 5.41) is 0. The first-order chi connectivity index (χ1) is 8.00. The van der Waals surface area contributed by atoms with Crippen LogP contribution in [-0.4, -0.2) is 19.0 Å². The molecular formula is C15H24O2. The van der Waals surface area contributed by atoms with Crippen molar-refractivity contribution in [3.8, 4) is 0 Å². The van der Waals surface area contributed by atoms with Crippen molar-refractivity contribution in [1.29, 1.82) is 0 Å². The van der Waals surface area contributed by atoms with Crippen LogP contribution in [0.4, 0.5) is 0 Å². The molecule has 2 nitrogen and oxygen atoms in total. The van der Waals surface area contributed by atoms with Gasteiger partial charge in [0, 0.05) is 11.8 Å². The van der Waals surface area contributed by atoms with Crippen molar-refractivity contribution in [3.05, 3.63) is 11.6 Å². The van der Waals surface area contributed by atoms with E-state index in [-0.39, 0.29) is 11.2 Å². The minimum Gasteiger partial charge on any atom is -0.347 e. The Bertz CT molecular complexity index is 350. The van der Waals surface area contributed by atoms with Crippen LogP contribution in [0.25, 0.3) is 0 Å². The van der Waals surface area contributed by atoms with Crippen LogP contribution in [0, 0.1) is 10.8 Å². The monoisotopic (exact) mass is 236 g/mol. The molecule has 0 N–H and O–H groups in total. The van der Waals surface area contributed by atoms with E-state index in [1.807, 2.05) is 0 Å². The smallest absolute Gasteiger partial charge is 0.177 e. The van der Waals surface area contributed by atoms with Gasteiger partial charge in [-0.05, 0) is 24.7 Å². The summed E-state index contributed by atoms with van der Waals surface area (Å²) in [4.78, 5) is 0. The second kappa shape index (κ2) is 3.58. The first-order valence-corrected chi connectivity index (χ1v) is 6.99. The summed E-state index contributed by atoms with van der Waals surface area (Å²) in [5.41, 5.74) is 2.00. The number of ether oxygens (including phenoxy) is 2. The number of hydrogen-bond acceptors (Lipinski definition) is 2. The van der Waals surface area contributed by atoms with E-state index in [0.29, 0.717) is 5.41 Å². The summed E-state index contributed by atoms with van der Waals surface area (Å²) in [5.74, 6) is -0.311. The van der Waals surface area contributed by atoms with Crippen LogP contribution in [0.3, 0.4) is 0 Å². The fourth-order valence-electron chi connectivity index (χ4n) is 4.40. The summed E-state index contributed by atoms with van der Waals surface area (Å²) in [6.45, 7) is 8.66. The molecule has 1 heterocycles. The maximum atomic E-state index is 6.08. The van der Waals surface area contributed by atoms with Crippen molar-refractivity contribution in [2.45, 2.75) is 58.7 Å². The fourth-order valence-corrected chi connectivity index (χ4v) is 4.40. The second-order valence-electron chi connectivity index (χ2n) is 6.68. The molecule has 0 aromatic carbocycles. The lowest BCUT2D eigenvalue weighted by molar-refractivity contribution is -0.238. The third kappa shape index (κ3) is 1.47. The Morgan fingerprint density at radius 2 is 1.71 bits per heavy atom. The maximum Gasteiger partial charge on any atom is 0.177 e. The van der Waals surface area contributed by atoms with Crippen LogP contribution >= 0.6 is 0 Å². The van der Waals surface area contributed by atoms with Crippen molar-refractivity contribution in [2.24, 2.45) is 10.8 Å². The molecule has 1 saturated heterocycles. The molecule has 0 unspecified atom stereocenters. The molecule has 3 aliphatic rings. The number of hydrogen-bond donors (Lipinski definition) is 0. The van der Waals surface area contributed by atoms with Gasteiger partial charge in [0.1, 0.15) is 0 Å². The Morgan fingerprint density at radius 1 is 1.00 bits per heavy atom. The number of allylic oxidation sites excluding steroid dienone is 1. The summed E-state index contributed by atoms with van der Waals surface area (Å²) in [6.07, 6.45) is 8.40. The van der Waals surface area contributed by atoms with Crippen LogP contribution < -0.4 is 0 Å². The zero-order chi connectivity index (χ0) is 12.1. The van der Waals surface area contributed by atoms with Gasteiger partial charge >= 0.3 is 0 Å². The quantitative estimate of drug-likeness (QED) is 0.597. The molecule has 96 valence electrons. The van der Waals surface area contributed by atoms with Gasteiger partial charge in [0.25, 0.3) is 0 Å². The van der Waals surface area contributed by atoms with E-state index in [9.17, 15) is 0 Å². The highest BCUT2D eigenvalue weighted by molar-refractivity contribution is 5.30. The van der Waals surface area contributed by atoms with E-state index in [2.05, 4.69) is 26.8 Å². The zero-order valence-electron chi connectivity index (χ0n) is 11.3. The minimum atomic E-state index is -0.311. The Morgan fingerprint density at radius 3 is 2.41 bits per heavy atom. The van der Waals surface area contributed by atoms with Gasteiger partial charge in [0.05, 0.1) is 13.2 Å². The van der Waals surface area contributed by atoms with Gasteiger partial charge in [-0.3, -0.25) is 0 Å². The predicted molar refractivity (Wildman–Crippen MR) is 67.7 cm³/mol. The van der Waals surface area contributed by atoms with Crippen molar-refractivity contribution < 1.29 is 9.47 Å². The summed E-state index contributed by atoms with van der Waals surface area (Å²) in [6, 6.07) is 0. The molecule has 0 radical (unpaired) electrons. The van der Waals surface area contributed by atoms with Crippen molar-refractivity contribution in [3.63, 3.8) is 0 Å². The fraction of sp³-hybridized carbons (Fsp3) is 0.867. The molecule has 0 amide bonds. The van der Waals surface area contributed by atoms with Crippen LogP contribution in [-0.2, 0) is 9.47 Å². The summed E-state index contributed by atoms with van der Waals surface area (Å²) in [7, 11) is 0. The van der Waals surface area contributed by atoms with Crippen molar-refractivity contribution in [2.75, 3.05) is 13.2 Å². The molecule has 1 saturated carbocycles. The molecule has 2 heteroatoms. The van der Waals surface area contributed by atoms with E-state index in [4.69, 9.17) is 9.47 Å². The molecule has 0 bridgehead atoms. The van der Waals surface area contributed by atoms with Crippen LogP contribution in [0.1, 0.15) is 52.9 Å². The lowest BCUT2D eigenvalue weighted by Crippen LogP contribution is -2.54. The van der Waals surface area contributed by atoms with Gasteiger partial charge in [-0.2, -0.15) is 0 Å². The largest absolute Gasteiger partial charge is 0.347 e. The van der Waals surface area contributed by atoms with Gasteiger partial charge in [-0.15, -0.1) is 0 Å². The highest BCUT2D eigenvalue weighted by Crippen LogP contribution is 2.61. The maximum absolute atomic E-state index is 6.08. The van der Waals surface area contributed by atoms with E-state index >= 15 is 0 Å². The molecule has 0 aromatic rings. The van der Waals surface area contributed by atoms with Gasteiger partial charge in [0.15, 0.2) is 5.79 Å². The van der Waals surface area contributed by atoms with Gasteiger partial charge in [0.2, 0.25) is 0 Å². The van der Waals surface area contributed by atoms with Crippen LogP contribution in [0.2, 0.25) is 0 Å². The molecule has 2 aliphatic carbocycles. The lowest BCUT2D eigenvalue weighted by Gasteiger charge is -2.55. The molecule has 1 spiro atoms. The van der Waals surface area contributed by atoms with E-state index in [1.54, 1.807) is 5.57 Å². The Kier molecular flexibility index (Phi) is 2.47. The molecule has 2 fully saturated rings. The molecule has 0 aromatic heterocycles. The molecule has 17 heavy (non-hydrogen) atoms. The average molecular weight is 236 g/mol. The first-order valence-electron chi connectivity index (χ1n) is 6.99. The molecule has 1 aliphatic heterocycles. The first kappa shape index (κ1) is 11.7. The van der Waals surface area contributed by atoms with Crippen molar-refractivity contribution in [1.82, 2.24) is 0 Å². The summed E-state index contributed by atoms with van der Waals surface area (Å²) < 4.78 is 12.2. The lowest BCUT2D eigenvalue weighted by atomic mass is 9.54. The van der Waals surface area contributed by atoms with Crippen molar-refractivity contribution >= 4 is 0 Å². The Labute approximate surface area is 104 Å². The Hall–Kier alpha value is -0.340. The van der Waals surface area contributed by atoms with Crippen LogP contribution in [0.15, 0.2) is 11.6 Å². The number of fused-ring (bicyclic) bond motifs is 2. The molecule has 1 atom stereocenters. The Balaban J connectivity index is 2.06. The van der Waals surface area contributed by atoms with E-state index in [1.165, 1.54) is 19.3 Å². The highest BCUT2D eigenvalue weighted by Gasteiger charge is 2.59. The zero-order valence-corrected chi connectivity index (χ0v) is 11.3. The predicted octanol–water partition coefficient (Wildman–Crippen LogP) is 3.67. The van der Waals surface area contributed by atoms with E-state index in [0.717, 1.165) is 26.1 Å². The SMILES string of the molecule is CC1(C)CCC[C@@]2(C)C1=CCCC21OCCO1. The van der Waals surface area contributed by atoms with Gasteiger partial charge < -0.3 is 9.47 Å². The third-order valence-electron chi connectivity index (χ3n) is 5.22. The second-order valence-corrected chi connectivity index (χ2v) is 6.68. The van der Waals surface area contributed by atoms with Crippen LogP contribution in [0.5, 0.6) is 0 Å². The van der Waals surface area contributed by atoms with Gasteiger partial charge in [-0.1, -0.05) is 38.8 Å². The summed E-state index contributed by atoms with van der Waals surface area (Å²) >= 11 is 0. The van der Waals surface area contributed by atoms with Gasteiger partial charge in [-0.25, -0.2) is 0 Å². The molecular weight excluding hydrogens is 212 g/mol. The van der Waals surface area contributed by atoms with E-state index < -0.39 is 0 Å². The normalized spacial score (nSPS) is 38.9. The topological polar surface area (TPSA) is 18.5 Å². The molecule has 3 rings (SSSR count). The number of rotatable bonds is 0.